The fourth-order valence-electron chi connectivity index (χ4n) is 2.56. The van der Waals surface area contributed by atoms with Crippen molar-refractivity contribution in [3.8, 4) is 5.75 Å². The van der Waals surface area contributed by atoms with Gasteiger partial charge in [0.25, 0.3) is 11.8 Å². The van der Waals surface area contributed by atoms with Crippen molar-refractivity contribution in [3.63, 3.8) is 0 Å². The number of nitrogens with zero attached hydrogens (tertiary/aromatic N) is 2. The number of carbonyl (C=O) groups excluding carboxylic acids is 4. The number of nitrogens with one attached hydrogen (secondary N) is 2. The molecule has 2 aromatic rings. The van der Waals surface area contributed by atoms with Crippen molar-refractivity contribution < 1.29 is 24.3 Å². The summed E-state index contributed by atoms with van der Waals surface area (Å²) in [5.41, 5.74) is 3.36. The van der Waals surface area contributed by atoms with Crippen LogP contribution in [-0.4, -0.2) is 35.1 Å². The SMILES string of the molecule is Cc1ccc(N2C(=O)NC(=O)C(C=NNC(=O)c3ccccc3O)C2=O)cc1. The smallest absolute Gasteiger partial charge is 0.335 e. The summed E-state index contributed by atoms with van der Waals surface area (Å²) in [4.78, 5) is 49.6. The molecule has 0 saturated carbocycles. The molecular formula is C19H16N4O5. The summed E-state index contributed by atoms with van der Waals surface area (Å²) >= 11 is 0. The minimum Gasteiger partial charge on any atom is -0.507 e. The number of amides is 5. The molecule has 1 unspecified atom stereocenters. The fraction of sp³-hybridized carbons (Fsp3) is 0.105. The number of imide groups is 2. The molecule has 1 atom stereocenters. The molecule has 1 fully saturated rings. The Balaban J connectivity index is 1.76. The van der Waals surface area contributed by atoms with Gasteiger partial charge in [-0.15, -0.1) is 0 Å². The summed E-state index contributed by atoms with van der Waals surface area (Å²) in [6.45, 7) is 1.86. The number of aromatic hydroxyl groups is 1. The third kappa shape index (κ3) is 3.73. The average molecular weight is 380 g/mol. The van der Waals surface area contributed by atoms with Crippen LogP contribution in [0.2, 0.25) is 0 Å². The van der Waals surface area contributed by atoms with E-state index in [0.717, 1.165) is 16.7 Å². The minimum absolute atomic E-state index is 0.0180. The first-order valence-electron chi connectivity index (χ1n) is 8.25. The van der Waals surface area contributed by atoms with Gasteiger partial charge in [-0.1, -0.05) is 29.8 Å². The molecule has 1 heterocycles. The molecule has 0 aromatic heterocycles. The molecule has 9 heteroatoms. The molecule has 5 amide bonds. The van der Waals surface area contributed by atoms with E-state index in [9.17, 15) is 24.3 Å². The summed E-state index contributed by atoms with van der Waals surface area (Å²) in [6, 6.07) is 11.6. The van der Waals surface area contributed by atoms with Crippen molar-refractivity contribution in [2.24, 2.45) is 11.0 Å². The van der Waals surface area contributed by atoms with Crippen LogP contribution >= 0.6 is 0 Å². The van der Waals surface area contributed by atoms with Gasteiger partial charge in [-0.2, -0.15) is 5.10 Å². The number of rotatable bonds is 4. The number of hydrazone groups is 1. The molecule has 1 aliphatic heterocycles. The lowest BCUT2D eigenvalue weighted by Gasteiger charge is -2.28. The molecular weight excluding hydrogens is 364 g/mol. The summed E-state index contributed by atoms with van der Waals surface area (Å²) < 4.78 is 0. The van der Waals surface area contributed by atoms with Crippen LogP contribution < -0.4 is 15.6 Å². The van der Waals surface area contributed by atoms with Crippen LogP contribution in [-0.2, 0) is 9.59 Å². The van der Waals surface area contributed by atoms with E-state index < -0.39 is 29.7 Å². The number of phenols is 1. The Labute approximate surface area is 159 Å². The standard InChI is InChI=1S/C19H16N4O5/c1-11-6-8-12(9-7-11)23-18(27)14(16(25)21-19(23)28)10-20-22-17(26)13-4-2-3-5-15(13)24/h2-10,14,24H,1H3,(H,22,26)(H,21,25,28). The van der Waals surface area contributed by atoms with E-state index >= 15 is 0 Å². The lowest BCUT2D eigenvalue weighted by Crippen LogP contribution is -2.58. The number of benzene rings is 2. The summed E-state index contributed by atoms with van der Waals surface area (Å²) in [6.07, 6.45) is 0.934. The van der Waals surface area contributed by atoms with Crippen molar-refractivity contribution in [2.75, 3.05) is 4.90 Å². The van der Waals surface area contributed by atoms with E-state index in [2.05, 4.69) is 15.8 Å². The molecule has 0 bridgehead atoms. The van der Waals surface area contributed by atoms with E-state index in [1.807, 2.05) is 6.92 Å². The van der Waals surface area contributed by atoms with Crippen molar-refractivity contribution in [1.82, 2.24) is 10.7 Å². The maximum absolute atomic E-state index is 12.6. The fourth-order valence-corrected chi connectivity index (χ4v) is 2.56. The monoisotopic (exact) mass is 380 g/mol. The highest BCUT2D eigenvalue weighted by atomic mass is 16.3. The number of hydrogen-bond donors (Lipinski definition) is 3. The van der Waals surface area contributed by atoms with Crippen LogP contribution in [0.25, 0.3) is 0 Å². The predicted molar refractivity (Wildman–Crippen MR) is 99.8 cm³/mol. The summed E-state index contributed by atoms with van der Waals surface area (Å²) in [5.74, 6) is -4.00. The lowest BCUT2D eigenvalue weighted by molar-refractivity contribution is -0.131. The Hall–Kier alpha value is -4.01. The van der Waals surface area contributed by atoms with Gasteiger partial charge in [-0.3, -0.25) is 19.7 Å². The first-order valence-corrected chi connectivity index (χ1v) is 8.25. The van der Waals surface area contributed by atoms with Gasteiger partial charge in [0.05, 0.1) is 11.3 Å². The Morgan fingerprint density at radius 3 is 2.50 bits per heavy atom. The highest BCUT2D eigenvalue weighted by molar-refractivity contribution is 6.32. The van der Waals surface area contributed by atoms with E-state index in [-0.39, 0.29) is 11.3 Å². The zero-order valence-electron chi connectivity index (χ0n) is 14.7. The quantitative estimate of drug-likeness (QED) is 0.419. The molecule has 0 radical (unpaired) electrons. The summed E-state index contributed by atoms with van der Waals surface area (Å²) in [5, 5.41) is 15.4. The van der Waals surface area contributed by atoms with Crippen LogP contribution in [0.15, 0.2) is 53.6 Å². The summed E-state index contributed by atoms with van der Waals surface area (Å²) in [7, 11) is 0. The van der Waals surface area contributed by atoms with Crippen LogP contribution in [0.3, 0.4) is 0 Å². The largest absolute Gasteiger partial charge is 0.507 e. The number of urea groups is 1. The van der Waals surface area contributed by atoms with E-state index in [1.165, 1.54) is 12.1 Å². The number of aryl methyl sites for hydroxylation is 1. The van der Waals surface area contributed by atoms with Gasteiger partial charge in [-0.25, -0.2) is 15.1 Å². The molecule has 2 aromatic carbocycles. The zero-order chi connectivity index (χ0) is 20.3. The molecule has 3 rings (SSSR count). The molecule has 1 saturated heterocycles. The van der Waals surface area contributed by atoms with Crippen LogP contribution in [0.4, 0.5) is 10.5 Å². The van der Waals surface area contributed by atoms with Crippen LogP contribution in [0.5, 0.6) is 5.75 Å². The second kappa shape index (κ2) is 7.70. The van der Waals surface area contributed by atoms with E-state index in [1.54, 1.807) is 36.4 Å². The lowest BCUT2D eigenvalue weighted by atomic mass is 10.1. The van der Waals surface area contributed by atoms with Gasteiger partial charge in [0.1, 0.15) is 5.75 Å². The van der Waals surface area contributed by atoms with Crippen LogP contribution in [0, 0.1) is 12.8 Å². The van der Waals surface area contributed by atoms with Gasteiger partial charge >= 0.3 is 6.03 Å². The average Bonchev–Trinajstić information content (AvgIpc) is 2.66. The Kier molecular flexibility index (Phi) is 5.16. The zero-order valence-corrected chi connectivity index (χ0v) is 14.7. The first kappa shape index (κ1) is 18.8. The van der Waals surface area contributed by atoms with Crippen molar-refractivity contribution in [2.45, 2.75) is 6.92 Å². The van der Waals surface area contributed by atoms with Crippen molar-refractivity contribution in [3.05, 3.63) is 59.7 Å². The molecule has 0 aliphatic carbocycles. The molecule has 142 valence electrons. The van der Waals surface area contributed by atoms with Crippen LogP contribution in [0.1, 0.15) is 15.9 Å². The van der Waals surface area contributed by atoms with E-state index in [0.29, 0.717) is 5.69 Å². The maximum atomic E-state index is 12.6. The third-order valence-corrected chi connectivity index (χ3v) is 4.03. The van der Waals surface area contributed by atoms with Gasteiger partial charge in [0.15, 0.2) is 5.92 Å². The Morgan fingerprint density at radius 2 is 1.82 bits per heavy atom. The van der Waals surface area contributed by atoms with Gasteiger partial charge in [0.2, 0.25) is 5.91 Å². The predicted octanol–water partition coefficient (Wildman–Crippen LogP) is 1.32. The normalized spacial score (nSPS) is 17.0. The number of hydrogen-bond acceptors (Lipinski definition) is 6. The number of barbiturate groups is 1. The second-order valence-corrected chi connectivity index (χ2v) is 6.02. The van der Waals surface area contributed by atoms with Gasteiger partial charge < -0.3 is 5.11 Å². The van der Waals surface area contributed by atoms with Crippen molar-refractivity contribution in [1.29, 1.82) is 0 Å². The number of phenolic OH excluding ortho intramolecular Hbond substituents is 1. The highest BCUT2D eigenvalue weighted by Gasteiger charge is 2.40. The number of anilines is 1. The molecule has 28 heavy (non-hydrogen) atoms. The second-order valence-electron chi connectivity index (χ2n) is 6.02. The van der Waals surface area contributed by atoms with Crippen molar-refractivity contribution >= 4 is 35.7 Å². The third-order valence-electron chi connectivity index (χ3n) is 4.03. The molecule has 0 spiro atoms. The number of carbonyl (C=O) groups is 4. The Bertz CT molecular complexity index is 984. The molecule has 3 N–H and O–H groups in total. The maximum Gasteiger partial charge on any atom is 0.335 e. The Morgan fingerprint density at radius 1 is 1.14 bits per heavy atom. The topological polar surface area (TPSA) is 128 Å². The van der Waals surface area contributed by atoms with E-state index in [4.69, 9.17) is 0 Å². The van der Waals surface area contributed by atoms with Gasteiger partial charge in [0, 0.05) is 6.21 Å². The molecule has 9 nitrogen and oxygen atoms in total. The number of para-hydroxylation sites is 1. The highest BCUT2D eigenvalue weighted by Crippen LogP contribution is 2.20. The van der Waals surface area contributed by atoms with Gasteiger partial charge in [-0.05, 0) is 31.2 Å². The first-order chi connectivity index (χ1) is 13.4. The minimum atomic E-state index is -1.40. The molecule has 1 aliphatic rings.